The van der Waals surface area contributed by atoms with Gasteiger partial charge in [0.25, 0.3) is 0 Å². The van der Waals surface area contributed by atoms with Gasteiger partial charge < -0.3 is 4.90 Å². The molecule has 0 aliphatic heterocycles. The minimum atomic E-state index is -0.583. The molecule has 1 aromatic heterocycles. The molecule has 2 aliphatic carbocycles. The number of thiophene rings is 1. The van der Waals surface area contributed by atoms with E-state index >= 15 is 0 Å². The molecule has 0 spiro atoms. The molecule has 282 valence electrons. The number of benzene rings is 9. The Labute approximate surface area is 355 Å². The lowest BCUT2D eigenvalue weighted by Crippen LogP contribution is -2.31. The highest BCUT2D eigenvalue weighted by atomic mass is 32.1. The smallest absolute Gasteiger partial charge is 0.0734 e. The molecule has 2 heteroatoms. The third-order valence-electron chi connectivity index (χ3n) is 13.1. The number of hydrogen-bond donors (Lipinski definition) is 0. The largest absolute Gasteiger partial charge is 0.310 e. The van der Waals surface area contributed by atoms with Crippen molar-refractivity contribution in [3.05, 3.63) is 280 Å². The second kappa shape index (κ2) is 13.7. The molecule has 0 amide bonds. The van der Waals surface area contributed by atoms with Gasteiger partial charge in [-0.25, -0.2) is 0 Å². The molecule has 0 atom stereocenters. The van der Waals surface area contributed by atoms with Gasteiger partial charge in [-0.1, -0.05) is 188 Å². The van der Waals surface area contributed by atoms with Crippen LogP contribution < -0.4 is 4.90 Å². The van der Waals surface area contributed by atoms with Gasteiger partial charge in [0.05, 0.1) is 16.5 Å². The van der Waals surface area contributed by atoms with Gasteiger partial charge in [0.15, 0.2) is 0 Å². The monoisotopic (exact) mass is 781 g/mol. The predicted octanol–water partition coefficient (Wildman–Crippen LogP) is 15.1. The van der Waals surface area contributed by atoms with Crippen LogP contribution in [0.2, 0.25) is 0 Å². The molecule has 10 aromatic rings. The minimum Gasteiger partial charge on any atom is -0.310 e. The van der Waals surface area contributed by atoms with E-state index in [1.165, 1.54) is 76.8 Å². The number of nitrogens with zero attached hydrogens (tertiary/aromatic N) is 1. The molecular weight excluding hydrogens is 743 g/mol. The van der Waals surface area contributed by atoms with Crippen molar-refractivity contribution in [2.75, 3.05) is 4.90 Å². The third kappa shape index (κ3) is 4.86. The standard InChI is InChI=1S/C58H39NS/c1-5-18-41(19-6-1)57(42-20-7-2-8-21-42)51-29-15-13-26-47(51)49-34-32-46(39-53(49)57)59(45-33-35-55-40(38-45)36-37-60-55)54-31-17-28-50-48-27-14-16-30-52(48)58(56(50)54,43-22-9-3-10-23-43)44-24-11-4-12-25-44/h1-39H. The van der Waals surface area contributed by atoms with Crippen LogP contribution in [0, 0.1) is 0 Å². The summed E-state index contributed by atoms with van der Waals surface area (Å²) in [6.45, 7) is 0. The van der Waals surface area contributed by atoms with Gasteiger partial charge >= 0.3 is 0 Å². The molecule has 9 aromatic carbocycles. The number of rotatable bonds is 7. The molecule has 0 fully saturated rings. The van der Waals surface area contributed by atoms with Crippen molar-refractivity contribution in [1.29, 1.82) is 0 Å². The second-order valence-electron chi connectivity index (χ2n) is 16.0. The van der Waals surface area contributed by atoms with Gasteiger partial charge in [-0.15, -0.1) is 11.3 Å². The first-order chi connectivity index (χ1) is 29.8. The lowest BCUT2D eigenvalue weighted by atomic mass is 9.67. The Morgan fingerprint density at radius 3 is 1.42 bits per heavy atom. The van der Waals surface area contributed by atoms with Crippen LogP contribution in [0.3, 0.4) is 0 Å². The van der Waals surface area contributed by atoms with Gasteiger partial charge in [-0.2, -0.15) is 0 Å². The van der Waals surface area contributed by atoms with Crippen LogP contribution in [-0.4, -0.2) is 0 Å². The van der Waals surface area contributed by atoms with Crippen molar-refractivity contribution < 1.29 is 0 Å². The van der Waals surface area contributed by atoms with E-state index in [-0.39, 0.29) is 0 Å². The second-order valence-corrected chi connectivity index (χ2v) is 16.9. The Balaban J connectivity index is 1.20. The normalized spacial score (nSPS) is 13.9. The molecule has 0 radical (unpaired) electrons. The molecule has 0 unspecified atom stereocenters. The summed E-state index contributed by atoms with van der Waals surface area (Å²) in [4.78, 5) is 2.55. The Bertz CT molecular complexity index is 3120. The first-order valence-corrected chi connectivity index (χ1v) is 21.6. The highest BCUT2D eigenvalue weighted by Gasteiger charge is 2.49. The fourth-order valence-corrected chi connectivity index (χ4v) is 11.5. The predicted molar refractivity (Wildman–Crippen MR) is 251 cm³/mol. The van der Waals surface area contributed by atoms with E-state index in [0.717, 1.165) is 17.1 Å². The lowest BCUT2D eigenvalue weighted by molar-refractivity contribution is 0.765. The molecule has 2 aliphatic rings. The highest BCUT2D eigenvalue weighted by molar-refractivity contribution is 7.17. The van der Waals surface area contributed by atoms with E-state index in [2.05, 4.69) is 241 Å². The maximum absolute atomic E-state index is 2.55. The first kappa shape index (κ1) is 34.8. The summed E-state index contributed by atoms with van der Waals surface area (Å²) in [6.07, 6.45) is 0. The van der Waals surface area contributed by atoms with Gasteiger partial charge in [-0.05, 0) is 114 Å². The third-order valence-corrected chi connectivity index (χ3v) is 14.0. The minimum absolute atomic E-state index is 0.528. The number of anilines is 3. The molecule has 0 saturated carbocycles. The summed E-state index contributed by atoms with van der Waals surface area (Å²) in [5.41, 5.74) is 17.6. The maximum Gasteiger partial charge on any atom is 0.0734 e. The van der Waals surface area contributed by atoms with E-state index in [0.29, 0.717) is 0 Å². The van der Waals surface area contributed by atoms with Crippen LogP contribution >= 0.6 is 11.3 Å². The van der Waals surface area contributed by atoms with E-state index in [1.54, 1.807) is 11.3 Å². The van der Waals surface area contributed by atoms with Gasteiger partial charge in [0.1, 0.15) is 0 Å². The van der Waals surface area contributed by atoms with Crippen molar-refractivity contribution in [3.63, 3.8) is 0 Å². The summed E-state index contributed by atoms with van der Waals surface area (Å²) < 4.78 is 1.28. The Morgan fingerprint density at radius 2 is 0.800 bits per heavy atom. The summed E-state index contributed by atoms with van der Waals surface area (Å²) in [6, 6.07) is 86.0. The van der Waals surface area contributed by atoms with Crippen LogP contribution in [0.5, 0.6) is 0 Å². The molecule has 0 N–H and O–H groups in total. The number of hydrogen-bond acceptors (Lipinski definition) is 2. The van der Waals surface area contributed by atoms with E-state index in [4.69, 9.17) is 0 Å². The summed E-state index contributed by atoms with van der Waals surface area (Å²) in [7, 11) is 0. The van der Waals surface area contributed by atoms with Crippen LogP contribution in [0.4, 0.5) is 17.1 Å². The topological polar surface area (TPSA) is 3.24 Å². The summed E-state index contributed by atoms with van der Waals surface area (Å²) in [5, 5.41) is 3.44. The fourth-order valence-electron chi connectivity index (χ4n) is 10.8. The Morgan fingerprint density at radius 1 is 0.333 bits per heavy atom. The zero-order valence-corrected chi connectivity index (χ0v) is 33.7. The quantitative estimate of drug-likeness (QED) is 0.156. The highest BCUT2D eigenvalue weighted by Crippen LogP contribution is 2.61. The van der Waals surface area contributed by atoms with E-state index in [9.17, 15) is 0 Å². The van der Waals surface area contributed by atoms with Gasteiger partial charge in [0, 0.05) is 21.6 Å². The van der Waals surface area contributed by atoms with Crippen LogP contribution in [-0.2, 0) is 10.8 Å². The fraction of sp³-hybridized carbons (Fsp3) is 0.0345. The van der Waals surface area contributed by atoms with Crippen molar-refractivity contribution in [2.24, 2.45) is 0 Å². The van der Waals surface area contributed by atoms with Gasteiger partial charge in [0.2, 0.25) is 0 Å². The number of fused-ring (bicyclic) bond motifs is 7. The molecule has 0 bridgehead atoms. The van der Waals surface area contributed by atoms with E-state index < -0.39 is 10.8 Å². The Hall–Kier alpha value is -7.26. The van der Waals surface area contributed by atoms with Gasteiger partial charge in [-0.3, -0.25) is 0 Å². The van der Waals surface area contributed by atoms with Crippen LogP contribution in [0.25, 0.3) is 32.3 Å². The molecular formula is C58H39NS. The van der Waals surface area contributed by atoms with E-state index in [1.807, 2.05) is 0 Å². The first-order valence-electron chi connectivity index (χ1n) is 20.8. The van der Waals surface area contributed by atoms with Crippen molar-refractivity contribution in [2.45, 2.75) is 10.8 Å². The average molecular weight is 782 g/mol. The zero-order chi connectivity index (χ0) is 39.7. The molecule has 12 rings (SSSR count). The van der Waals surface area contributed by atoms with Crippen molar-refractivity contribution in [1.82, 2.24) is 0 Å². The molecule has 60 heavy (non-hydrogen) atoms. The maximum atomic E-state index is 2.55. The van der Waals surface area contributed by atoms with Crippen LogP contribution in [0.15, 0.2) is 236 Å². The van der Waals surface area contributed by atoms with Crippen molar-refractivity contribution in [3.8, 4) is 22.3 Å². The SMILES string of the molecule is c1ccc(C2(c3ccccc3)c3ccccc3-c3ccc(N(c4ccc5sccc5c4)c4cccc5c4C(c4ccccc4)(c4ccccc4)c4ccccc4-5)cc32)cc1. The van der Waals surface area contributed by atoms with Crippen LogP contribution in [0.1, 0.15) is 44.5 Å². The Kier molecular flexibility index (Phi) is 7.91. The summed E-state index contributed by atoms with van der Waals surface area (Å²) >= 11 is 1.79. The summed E-state index contributed by atoms with van der Waals surface area (Å²) in [5.74, 6) is 0. The van der Waals surface area contributed by atoms with Crippen molar-refractivity contribution >= 4 is 38.5 Å². The molecule has 0 saturated heterocycles. The molecule has 1 nitrogen and oxygen atoms in total. The lowest BCUT2D eigenvalue weighted by Gasteiger charge is -2.38. The zero-order valence-electron chi connectivity index (χ0n) is 32.9. The average Bonchev–Trinajstić information content (AvgIpc) is 4.01. The molecule has 1 heterocycles.